The summed E-state index contributed by atoms with van der Waals surface area (Å²) in [4.78, 5) is 22.2. The van der Waals surface area contributed by atoms with Gasteiger partial charge in [0.2, 0.25) is 5.88 Å². The summed E-state index contributed by atoms with van der Waals surface area (Å²) in [6, 6.07) is 4.92. The van der Waals surface area contributed by atoms with E-state index in [0.717, 1.165) is 18.4 Å². The lowest BCUT2D eigenvalue weighted by atomic mass is 10.1. The molecule has 138 valence electrons. The molecule has 0 bridgehead atoms. The third-order valence-corrected chi connectivity index (χ3v) is 4.30. The van der Waals surface area contributed by atoms with E-state index in [1.165, 1.54) is 12.3 Å². The number of likely N-dealkylation sites (tertiary alicyclic amines) is 1. The molecule has 5 nitrogen and oxygen atoms in total. The SMILES string of the molecule is O=C(c1cnc(OCC(F)(F)F)c(Cl)c1)N1CCCC1c1ccncc1. The highest BCUT2D eigenvalue weighted by Crippen LogP contribution is 2.33. The van der Waals surface area contributed by atoms with Gasteiger partial charge in [-0.15, -0.1) is 0 Å². The van der Waals surface area contributed by atoms with Crippen LogP contribution < -0.4 is 4.74 Å². The first kappa shape index (κ1) is 18.4. The highest BCUT2D eigenvalue weighted by Gasteiger charge is 2.32. The molecule has 3 rings (SSSR count). The number of ether oxygens (including phenoxy) is 1. The zero-order chi connectivity index (χ0) is 18.7. The van der Waals surface area contributed by atoms with Crippen molar-refractivity contribution in [2.45, 2.75) is 25.1 Å². The van der Waals surface area contributed by atoms with Crippen molar-refractivity contribution in [2.24, 2.45) is 0 Å². The summed E-state index contributed by atoms with van der Waals surface area (Å²) in [5.74, 6) is -0.631. The minimum atomic E-state index is -4.49. The second kappa shape index (κ2) is 7.49. The molecule has 0 spiro atoms. The maximum Gasteiger partial charge on any atom is 0.422 e. The van der Waals surface area contributed by atoms with Crippen LogP contribution in [0.25, 0.3) is 0 Å². The molecule has 0 aromatic carbocycles. The standard InChI is InChI=1S/C17H15ClF3N3O2/c18-13-8-12(9-23-15(13)26-10-17(19,20)21)16(25)24-7-1-2-14(24)11-3-5-22-6-4-11/h3-6,8-9,14H,1-2,7,10H2. The fourth-order valence-corrected chi connectivity index (χ4v) is 3.13. The second-order valence-corrected chi connectivity index (χ2v) is 6.26. The maximum absolute atomic E-state index is 12.8. The fourth-order valence-electron chi connectivity index (χ4n) is 2.91. The number of hydrogen-bond donors (Lipinski definition) is 0. The van der Waals surface area contributed by atoms with E-state index in [1.807, 2.05) is 12.1 Å². The molecule has 0 radical (unpaired) electrons. The van der Waals surface area contributed by atoms with Gasteiger partial charge in [0, 0.05) is 25.1 Å². The Morgan fingerprint density at radius 1 is 1.35 bits per heavy atom. The molecule has 9 heteroatoms. The van der Waals surface area contributed by atoms with E-state index in [2.05, 4.69) is 14.7 Å². The molecular weight excluding hydrogens is 371 g/mol. The van der Waals surface area contributed by atoms with Crippen LogP contribution in [0.1, 0.15) is 34.8 Å². The van der Waals surface area contributed by atoms with Gasteiger partial charge in [-0.2, -0.15) is 13.2 Å². The first-order valence-electron chi connectivity index (χ1n) is 7.91. The van der Waals surface area contributed by atoms with Crippen molar-refractivity contribution in [3.8, 4) is 5.88 Å². The molecule has 0 N–H and O–H groups in total. The molecule has 1 fully saturated rings. The molecule has 2 aromatic heterocycles. The van der Waals surface area contributed by atoms with E-state index in [1.54, 1.807) is 17.3 Å². The van der Waals surface area contributed by atoms with Crippen molar-refractivity contribution < 1.29 is 22.7 Å². The lowest BCUT2D eigenvalue weighted by molar-refractivity contribution is -0.154. The zero-order valence-corrected chi connectivity index (χ0v) is 14.3. The van der Waals surface area contributed by atoms with Crippen molar-refractivity contribution in [3.63, 3.8) is 0 Å². The number of carbonyl (C=O) groups excluding carboxylic acids is 1. The Kier molecular flexibility index (Phi) is 5.31. The average Bonchev–Trinajstić information content (AvgIpc) is 3.09. The predicted octanol–water partition coefficient (Wildman–Crippen LogP) is 4.05. The number of rotatable bonds is 4. The van der Waals surface area contributed by atoms with Gasteiger partial charge in [-0.1, -0.05) is 11.6 Å². The van der Waals surface area contributed by atoms with Crippen LogP contribution in [-0.4, -0.2) is 40.1 Å². The van der Waals surface area contributed by atoms with Gasteiger partial charge < -0.3 is 9.64 Å². The third kappa shape index (κ3) is 4.24. The van der Waals surface area contributed by atoms with Crippen molar-refractivity contribution in [1.82, 2.24) is 14.9 Å². The molecule has 3 heterocycles. The number of nitrogens with zero attached hydrogens (tertiary/aromatic N) is 3. The number of aromatic nitrogens is 2. The Bertz CT molecular complexity index is 787. The Balaban J connectivity index is 1.76. The minimum absolute atomic E-state index is 0.0783. The smallest absolute Gasteiger partial charge is 0.422 e. The number of carbonyl (C=O) groups is 1. The fraction of sp³-hybridized carbons (Fsp3) is 0.353. The van der Waals surface area contributed by atoms with E-state index < -0.39 is 12.8 Å². The quantitative estimate of drug-likeness (QED) is 0.796. The Morgan fingerprint density at radius 3 is 2.73 bits per heavy atom. The van der Waals surface area contributed by atoms with E-state index in [0.29, 0.717) is 6.54 Å². The molecular formula is C17H15ClF3N3O2. The van der Waals surface area contributed by atoms with Crippen LogP contribution in [0.3, 0.4) is 0 Å². The number of amides is 1. The molecule has 1 aliphatic rings. The summed E-state index contributed by atoms with van der Waals surface area (Å²) in [5, 5.41) is -0.139. The monoisotopic (exact) mass is 385 g/mol. The predicted molar refractivity (Wildman–Crippen MR) is 88.0 cm³/mol. The van der Waals surface area contributed by atoms with Gasteiger partial charge in [0.25, 0.3) is 5.91 Å². The number of hydrogen-bond acceptors (Lipinski definition) is 4. The maximum atomic E-state index is 12.8. The summed E-state index contributed by atoms with van der Waals surface area (Å²) in [7, 11) is 0. The van der Waals surface area contributed by atoms with Crippen LogP contribution in [-0.2, 0) is 0 Å². The van der Waals surface area contributed by atoms with E-state index in [4.69, 9.17) is 11.6 Å². The lowest BCUT2D eigenvalue weighted by Crippen LogP contribution is -2.30. The second-order valence-electron chi connectivity index (χ2n) is 5.85. The number of halogens is 4. The third-order valence-electron chi connectivity index (χ3n) is 4.03. The topological polar surface area (TPSA) is 55.3 Å². The van der Waals surface area contributed by atoms with Gasteiger partial charge in [0.15, 0.2) is 6.61 Å². The molecule has 0 saturated carbocycles. The summed E-state index contributed by atoms with van der Waals surface area (Å²) in [6.07, 6.45) is 1.70. The molecule has 1 unspecified atom stereocenters. The Labute approximate surface area is 152 Å². The highest BCUT2D eigenvalue weighted by molar-refractivity contribution is 6.32. The van der Waals surface area contributed by atoms with Gasteiger partial charge in [-0.25, -0.2) is 4.98 Å². The van der Waals surface area contributed by atoms with Crippen molar-refractivity contribution in [2.75, 3.05) is 13.2 Å². The van der Waals surface area contributed by atoms with Crippen LogP contribution >= 0.6 is 11.6 Å². The van der Waals surface area contributed by atoms with Gasteiger partial charge >= 0.3 is 6.18 Å². The van der Waals surface area contributed by atoms with Gasteiger partial charge in [-0.3, -0.25) is 9.78 Å². The van der Waals surface area contributed by atoms with E-state index >= 15 is 0 Å². The molecule has 1 aliphatic heterocycles. The molecule has 1 atom stereocenters. The normalized spacial score (nSPS) is 17.4. The van der Waals surface area contributed by atoms with E-state index in [-0.39, 0.29) is 28.4 Å². The lowest BCUT2D eigenvalue weighted by Gasteiger charge is -2.25. The zero-order valence-electron chi connectivity index (χ0n) is 13.5. The summed E-state index contributed by atoms with van der Waals surface area (Å²) in [5.41, 5.74) is 1.19. The van der Waals surface area contributed by atoms with Crippen LogP contribution in [0.5, 0.6) is 5.88 Å². The first-order chi connectivity index (χ1) is 12.3. The number of pyridine rings is 2. The Hall–Kier alpha value is -2.35. The average molecular weight is 386 g/mol. The van der Waals surface area contributed by atoms with Crippen molar-refractivity contribution >= 4 is 17.5 Å². The van der Waals surface area contributed by atoms with Crippen LogP contribution in [0.2, 0.25) is 5.02 Å². The number of alkyl halides is 3. The highest BCUT2D eigenvalue weighted by atomic mass is 35.5. The molecule has 2 aromatic rings. The molecule has 0 aliphatic carbocycles. The van der Waals surface area contributed by atoms with Crippen LogP contribution in [0.15, 0.2) is 36.8 Å². The first-order valence-corrected chi connectivity index (χ1v) is 8.29. The molecule has 1 amide bonds. The van der Waals surface area contributed by atoms with E-state index in [9.17, 15) is 18.0 Å². The van der Waals surface area contributed by atoms with Crippen molar-refractivity contribution in [3.05, 3.63) is 52.9 Å². The summed E-state index contributed by atoms with van der Waals surface area (Å²) in [6.45, 7) is -0.918. The summed E-state index contributed by atoms with van der Waals surface area (Å²) < 4.78 is 41.2. The van der Waals surface area contributed by atoms with Gasteiger partial charge in [-0.05, 0) is 36.6 Å². The Morgan fingerprint density at radius 2 is 2.08 bits per heavy atom. The largest absolute Gasteiger partial charge is 0.467 e. The molecule has 26 heavy (non-hydrogen) atoms. The minimum Gasteiger partial charge on any atom is -0.467 e. The van der Waals surface area contributed by atoms with Gasteiger partial charge in [0.05, 0.1) is 11.6 Å². The van der Waals surface area contributed by atoms with Gasteiger partial charge in [0.1, 0.15) is 5.02 Å². The van der Waals surface area contributed by atoms with Crippen LogP contribution in [0.4, 0.5) is 13.2 Å². The molecule has 1 saturated heterocycles. The van der Waals surface area contributed by atoms with Crippen molar-refractivity contribution in [1.29, 1.82) is 0 Å². The van der Waals surface area contributed by atoms with Crippen LogP contribution in [0, 0.1) is 0 Å². The summed E-state index contributed by atoms with van der Waals surface area (Å²) >= 11 is 5.93.